The fourth-order valence-corrected chi connectivity index (χ4v) is 4.60. The summed E-state index contributed by atoms with van der Waals surface area (Å²) < 4.78 is 8.44. The van der Waals surface area contributed by atoms with E-state index in [9.17, 15) is 4.79 Å². The normalized spacial score (nSPS) is 11.3. The second-order valence-corrected chi connectivity index (χ2v) is 9.54. The monoisotopic (exact) mass is 477 g/mol. The van der Waals surface area contributed by atoms with E-state index in [2.05, 4.69) is 80.0 Å². The molecule has 0 saturated carbocycles. The minimum Gasteiger partial charge on any atom is -0.493 e. The zero-order valence-corrected chi connectivity index (χ0v) is 22.1. The third-order valence-corrected chi connectivity index (χ3v) is 7.05. The Morgan fingerprint density at radius 3 is 2.57 bits per heavy atom. The number of benzene rings is 2. The summed E-state index contributed by atoms with van der Waals surface area (Å²) in [6.07, 6.45) is 8.05. The van der Waals surface area contributed by atoms with Gasteiger partial charge in [0.2, 0.25) is 5.91 Å². The van der Waals surface area contributed by atoms with Gasteiger partial charge in [-0.2, -0.15) is 0 Å². The molecule has 0 atom stereocenters. The number of fused-ring (bicyclic) bond motifs is 1. The minimum atomic E-state index is 0.154. The maximum absolute atomic E-state index is 12.1. The zero-order chi connectivity index (χ0) is 25.0. The van der Waals surface area contributed by atoms with Crippen molar-refractivity contribution in [3.63, 3.8) is 0 Å². The van der Waals surface area contributed by atoms with Crippen LogP contribution < -0.4 is 10.1 Å². The molecule has 3 rings (SSSR count). The van der Waals surface area contributed by atoms with Gasteiger partial charge in [-0.1, -0.05) is 44.5 Å². The number of aryl methyl sites for hydroxylation is 3. The first kappa shape index (κ1) is 26.8. The minimum absolute atomic E-state index is 0.154. The first-order chi connectivity index (χ1) is 17.0. The molecule has 35 heavy (non-hydrogen) atoms. The molecule has 0 fully saturated rings. The molecule has 1 amide bonds. The van der Waals surface area contributed by atoms with Gasteiger partial charge in [0.25, 0.3) is 0 Å². The number of para-hydroxylation sites is 2. The van der Waals surface area contributed by atoms with E-state index >= 15 is 0 Å². The van der Waals surface area contributed by atoms with Crippen LogP contribution in [0.25, 0.3) is 11.0 Å². The Labute approximate surface area is 211 Å². The van der Waals surface area contributed by atoms with Crippen molar-refractivity contribution in [2.45, 2.75) is 85.6 Å². The van der Waals surface area contributed by atoms with Gasteiger partial charge in [0.1, 0.15) is 11.6 Å². The second kappa shape index (κ2) is 13.9. The van der Waals surface area contributed by atoms with Crippen molar-refractivity contribution in [2.75, 3.05) is 13.2 Å². The number of hydrogen-bond donors (Lipinski definition) is 1. The number of nitrogens with one attached hydrogen (secondary N) is 1. The van der Waals surface area contributed by atoms with Crippen LogP contribution in [0, 0.1) is 19.8 Å². The second-order valence-electron chi connectivity index (χ2n) is 9.54. The molecule has 0 aliphatic rings. The molecule has 1 aromatic heterocycles. The third-order valence-electron chi connectivity index (χ3n) is 7.05. The summed E-state index contributed by atoms with van der Waals surface area (Å²) in [7, 11) is 0. The number of carbonyl (C=O) groups excluding carboxylic acids is 1. The van der Waals surface area contributed by atoms with Gasteiger partial charge in [0.15, 0.2) is 0 Å². The van der Waals surface area contributed by atoms with Crippen LogP contribution in [0.5, 0.6) is 5.75 Å². The third kappa shape index (κ3) is 7.58. The zero-order valence-electron chi connectivity index (χ0n) is 22.1. The lowest BCUT2D eigenvalue weighted by molar-refractivity contribution is -0.125. The van der Waals surface area contributed by atoms with Gasteiger partial charge in [-0.3, -0.25) is 4.79 Å². The molecule has 1 N–H and O–H groups in total. The first-order valence-electron chi connectivity index (χ1n) is 13.5. The lowest BCUT2D eigenvalue weighted by Crippen LogP contribution is -2.30. The molecule has 1 heterocycles. The van der Waals surface area contributed by atoms with Crippen molar-refractivity contribution in [3.8, 4) is 5.75 Å². The quantitative estimate of drug-likeness (QED) is 0.246. The lowest BCUT2D eigenvalue weighted by Gasteiger charge is -2.13. The Balaban J connectivity index is 1.46. The molecule has 0 saturated heterocycles. The van der Waals surface area contributed by atoms with Crippen LogP contribution >= 0.6 is 0 Å². The summed E-state index contributed by atoms with van der Waals surface area (Å²) in [4.78, 5) is 17.1. The maximum Gasteiger partial charge on any atom is 0.223 e. The summed E-state index contributed by atoms with van der Waals surface area (Å²) in [5.41, 5.74) is 4.79. The van der Waals surface area contributed by atoms with Crippen molar-refractivity contribution in [2.24, 2.45) is 5.92 Å². The van der Waals surface area contributed by atoms with E-state index in [-0.39, 0.29) is 11.8 Å². The van der Waals surface area contributed by atoms with Gasteiger partial charge in [-0.05, 0) is 81.7 Å². The summed E-state index contributed by atoms with van der Waals surface area (Å²) in [5, 5.41) is 3.10. The Kier molecular flexibility index (Phi) is 10.6. The van der Waals surface area contributed by atoms with E-state index in [1.807, 2.05) is 0 Å². The van der Waals surface area contributed by atoms with Gasteiger partial charge in [0, 0.05) is 25.4 Å². The van der Waals surface area contributed by atoms with Gasteiger partial charge in [-0.15, -0.1) is 0 Å². The highest BCUT2D eigenvalue weighted by atomic mass is 16.5. The highest BCUT2D eigenvalue weighted by Gasteiger charge is 2.13. The van der Waals surface area contributed by atoms with Gasteiger partial charge < -0.3 is 14.6 Å². The van der Waals surface area contributed by atoms with E-state index in [0.29, 0.717) is 0 Å². The SMILES string of the molecule is CCC(CC)C(=O)NCCCCCc1nc2ccccc2n1CCCCOc1cccc(C)c1C. The van der Waals surface area contributed by atoms with Crippen LogP contribution in [0.3, 0.4) is 0 Å². The number of unbranched alkanes of at least 4 members (excludes halogenated alkanes) is 3. The fraction of sp³-hybridized carbons (Fsp3) is 0.533. The summed E-state index contributed by atoms with van der Waals surface area (Å²) in [6, 6.07) is 14.7. The standard InChI is InChI=1S/C30H43N3O2/c1-5-25(6-2)30(34)31-20-11-7-8-19-29-32-26-16-9-10-17-27(26)33(29)21-12-13-22-35-28-18-14-15-23(3)24(28)4/h9-10,14-18,25H,5-8,11-13,19-22H2,1-4H3,(H,31,34). The largest absolute Gasteiger partial charge is 0.493 e. The molecule has 5 nitrogen and oxygen atoms in total. The molecular formula is C30H43N3O2. The topological polar surface area (TPSA) is 56.2 Å². The van der Waals surface area contributed by atoms with Crippen LogP contribution in [0.2, 0.25) is 0 Å². The van der Waals surface area contributed by atoms with Crippen molar-refractivity contribution in [1.29, 1.82) is 0 Å². The van der Waals surface area contributed by atoms with Crippen LogP contribution in [0.1, 0.15) is 75.7 Å². The predicted octanol–water partition coefficient (Wildman–Crippen LogP) is 6.78. The van der Waals surface area contributed by atoms with Gasteiger partial charge in [0.05, 0.1) is 17.6 Å². The Bertz CT molecular complexity index is 1070. The molecule has 3 aromatic rings. The number of carbonyl (C=O) groups is 1. The summed E-state index contributed by atoms with van der Waals surface area (Å²) in [5.74, 6) is 2.53. The fourth-order valence-electron chi connectivity index (χ4n) is 4.60. The van der Waals surface area contributed by atoms with Crippen molar-refractivity contribution >= 4 is 16.9 Å². The van der Waals surface area contributed by atoms with Gasteiger partial charge in [-0.25, -0.2) is 4.98 Å². The number of imidazole rings is 1. The molecule has 2 aromatic carbocycles. The van der Waals surface area contributed by atoms with E-state index in [0.717, 1.165) is 82.3 Å². The Morgan fingerprint density at radius 1 is 0.971 bits per heavy atom. The van der Waals surface area contributed by atoms with E-state index < -0.39 is 0 Å². The number of amides is 1. The summed E-state index contributed by atoms with van der Waals surface area (Å²) >= 11 is 0. The number of ether oxygens (including phenoxy) is 1. The molecule has 0 unspecified atom stereocenters. The van der Waals surface area contributed by atoms with Crippen molar-refractivity contribution in [1.82, 2.24) is 14.9 Å². The lowest BCUT2D eigenvalue weighted by atomic mass is 10.0. The number of rotatable bonds is 15. The van der Waals surface area contributed by atoms with E-state index in [1.165, 1.54) is 22.5 Å². The molecule has 0 spiro atoms. The van der Waals surface area contributed by atoms with E-state index in [1.54, 1.807) is 0 Å². The Hall–Kier alpha value is -2.82. The van der Waals surface area contributed by atoms with Gasteiger partial charge >= 0.3 is 0 Å². The smallest absolute Gasteiger partial charge is 0.223 e. The number of hydrogen-bond acceptors (Lipinski definition) is 3. The molecule has 0 radical (unpaired) electrons. The molecule has 5 heteroatoms. The van der Waals surface area contributed by atoms with Crippen LogP contribution in [0.4, 0.5) is 0 Å². The highest BCUT2D eigenvalue weighted by molar-refractivity contribution is 5.78. The number of nitrogens with zero attached hydrogens (tertiary/aromatic N) is 2. The van der Waals surface area contributed by atoms with Crippen LogP contribution in [-0.2, 0) is 17.8 Å². The van der Waals surface area contributed by atoms with Crippen molar-refractivity contribution < 1.29 is 9.53 Å². The maximum atomic E-state index is 12.1. The number of aromatic nitrogens is 2. The summed E-state index contributed by atoms with van der Waals surface area (Å²) in [6.45, 7) is 10.9. The average molecular weight is 478 g/mol. The molecular weight excluding hydrogens is 434 g/mol. The average Bonchev–Trinajstić information content (AvgIpc) is 3.21. The molecule has 0 bridgehead atoms. The van der Waals surface area contributed by atoms with E-state index in [4.69, 9.17) is 9.72 Å². The molecule has 0 aliphatic carbocycles. The molecule has 0 aliphatic heterocycles. The Morgan fingerprint density at radius 2 is 1.77 bits per heavy atom. The van der Waals surface area contributed by atoms with Crippen LogP contribution in [0.15, 0.2) is 42.5 Å². The van der Waals surface area contributed by atoms with Crippen LogP contribution in [-0.4, -0.2) is 28.6 Å². The molecule has 190 valence electrons. The predicted molar refractivity (Wildman–Crippen MR) is 145 cm³/mol. The highest BCUT2D eigenvalue weighted by Crippen LogP contribution is 2.22. The van der Waals surface area contributed by atoms with Crippen molar-refractivity contribution in [3.05, 3.63) is 59.4 Å². The first-order valence-corrected chi connectivity index (χ1v) is 13.5.